The molecule has 1 aliphatic rings. The van der Waals surface area contributed by atoms with E-state index in [0.717, 1.165) is 50.1 Å². The Morgan fingerprint density at radius 2 is 1.82 bits per heavy atom. The molecule has 1 fully saturated rings. The molecule has 4 rings (SSSR count). The molecule has 1 aliphatic heterocycles. The normalized spacial score (nSPS) is 14.0. The van der Waals surface area contributed by atoms with Gasteiger partial charge in [-0.15, -0.1) is 0 Å². The Morgan fingerprint density at radius 3 is 2.52 bits per heavy atom. The Kier molecular flexibility index (Phi) is 7.50. The Labute approximate surface area is 198 Å². The van der Waals surface area contributed by atoms with Crippen LogP contribution in [0, 0.1) is 18.3 Å². The first-order valence-corrected chi connectivity index (χ1v) is 11.8. The number of carbonyl (C=O) groups excluding carboxylic acids is 1. The van der Waals surface area contributed by atoms with Crippen LogP contribution in [0.3, 0.4) is 0 Å². The maximum atomic E-state index is 12.1. The Balaban J connectivity index is 1.16. The third-order valence-electron chi connectivity index (χ3n) is 5.57. The number of hydrogen-bond acceptors (Lipinski definition) is 7. The fraction of sp³-hybridized carbons (Fsp3) is 0.333. The lowest BCUT2D eigenvalue weighted by Gasteiger charge is -2.34. The largest absolute Gasteiger partial charge is 0.344 e. The second kappa shape index (κ2) is 10.9. The van der Waals surface area contributed by atoms with E-state index in [-0.39, 0.29) is 6.03 Å². The molecule has 3 aromatic rings. The molecule has 8 nitrogen and oxygen atoms in total. The van der Waals surface area contributed by atoms with Gasteiger partial charge >= 0.3 is 6.03 Å². The van der Waals surface area contributed by atoms with E-state index in [1.165, 1.54) is 22.7 Å². The second-order valence-electron chi connectivity index (χ2n) is 8.05. The molecule has 0 bridgehead atoms. The Bertz CT molecular complexity index is 1100. The number of amides is 2. The van der Waals surface area contributed by atoms with Crippen LogP contribution in [0.25, 0.3) is 0 Å². The summed E-state index contributed by atoms with van der Waals surface area (Å²) < 4.78 is 4.55. The van der Waals surface area contributed by atoms with Crippen molar-refractivity contribution in [3.05, 3.63) is 71.0 Å². The summed E-state index contributed by atoms with van der Waals surface area (Å²) in [4.78, 5) is 21.4. The SMILES string of the molecule is Cc1ccc(Cc2nsc(N3CCN(CCNC(=O)Nc4ccc(C#N)cc4)CC3)n2)cc1. The lowest BCUT2D eigenvalue weighted by atomic mass is 10.1. The fourth-order valence-electron chi connectivity index (χ4n) is 3.63. The lowest BCUT2D eigenvalue weighted by Crippen LogP contribution is -2.48. The number of nitrogens with one attached hydrogen (secondary N) is 2. The zero-order valence-corrected chi connectivity index (χ0v) is 19.4. The third kappa shape index (κ3) is 6.51. The van der Waals surface area contributed by atoms with Crippen LogP contribution in [0.1, 0.15) is 22.5 Å². The number of nitriles is 1. The predicted molar refractivity (Wildman–Crippen MR) is 131 cm³/mol. The highest BCUT2D eigenvalue weighted by Gasteiger charge is 2.20. The van der Waals surface area contributed by atoms with Gasteiger partial charge in [0.2, 0.25) is 5.13 Å². The second-order valence-corrected chi connectivity index (χ2v) is 8.78. The number of urea groups is 1. The highest BCUT2D eigenvalue weighted by molar-refractivity contribution is 7.09. The van der Waals surface area contributed by atoms with Gasteiger partial charge in [-0.25, -0.2) is 9.78 Å². The molecule has 9 heteroatoms. The maximum absolute atomic E-state index is 12.1. The third-order valence-corrected chi connectivity index (χ3v) is 6.38. The minimum Gasteiger partial charge on any atom is -0.344 e. The molecule has 2 heterocycles. The van der Waals surface area contributed by atoms with Crippen LogP contribution in [0.5, 0.6) is 0 Å². The topological polar surface area (TPSA) is 97.2 Å². The summed E-state index contributed by atoms with van der Waals surface area (Å²) >= 11 is 1.47. The van der Waals surface area contributed by atoms with Crippen molar-refractivity contribution in [2.24, 2.45) is 0 Å². The molecule has 33 heavy (non-hydrogen) atoms. The van der Waals surface area contributed by atoms with Crippen molar-refractivity contribution in [2.75, 3.05) is 49.5 Å². The Hall–Kier alpha value is -3.48. The van der Waals surface area contributed by atoms with Crippen molar-refractivity contribution in [3.63, 3.8) is 0 Å². The summed E-state index contributed by atoms with van der Waals surface area (Å²) in [5.41, 5.74) is 3.71. The van der Waals surface area contributed by atoms with E-state index in [4.69, 9.17) is 10.2 Å². The van der Waals surface area contributed by atoms with Crippen LogP contribution in [-0.2, 0) is 6.42 Å². The fourth-order valence-corrected chi connectivity index (χ4v) is 4.36. The maximum Gasteiger partial charge on any atom is 0.319 e. The van der Waals surface area contributed by atoms with Crippen molar-refractivity contribution in [2.45, 2.75) is 13.3 Å². The zero-order valence-electron chi connectivity index (χ0n) is 18.6. The van der Waals surface area contributed by atoms with Gasteiger partial charge in [0.05, 0.1) is 11.6 Å². The number of aryl methyl sites for hydroxylation is 1. The number of hydrogen-bond donors (Lipinski definition) is 2. The summed E-state index contributed by atoms with van der Waals surface area (Å²) in [6.07, 6.45) is 0.757. The van der Waals surface area contributed by atoms with Crippen LogP contribution in [-0.4, -0.2) is 59.6 Å². The summed E-state index contributed by atoms with van der Waals surface area (Å²) in [6, 6.07) is 17.1. The van der Waals surface area contributed by atoms with E-state index < -0.39 is 0 Å². The minimum atomic E-state index is -0.242. The molecule has 0 radical (unpaired) electrons. The van der Waals surface area contributed by atoms with Gasteiger partial charge in [-0.3, -0.25) is 4.90 Å². The molecule has 2 aromatic carbocycles. The first-order chi connectivity index (χ1) is 16.1. The van der Waals surface area contributed by atoms with Crippen LogP contribution in [0.15, 0.2) is 48.5 Å². The molecule has 0 unspecified atom stereocenters. The smallest absolute Gasteiger partial charge is 0.319 e. The quantitative estimate of drug-likeness (QED) is 0.561. The molecule has 170 valence electrons. The summed E-state index contributed by atoms with van der Waals surface area (Å²) in [6.45, 7) is 7.10. The van der Waals surface area contributed by atoms with Crippen molar-refractivity contribution < 1.29 is 4.79 Å². The van der Waals surface area contributed by atoms with Crippen LogP contribution >= 0.6 is 11.5 Å². The van der Waals surface area contributed by atoms with E-state index in [2.05, 4.69) is 62.1 Å². The van der Waals surface area contributed by atoms with Gasteiger partial charge in [0.15, 0.2) is 0 Å². The molecule has 2 N–H and O–H groups in total. The van der Waals surface area contributed by atoms with E-state index in [0.29, 0.717) is 17.8 Å². The number of rotatable bonds is 7. The highest BCUT2D eigenvalue weighted by Crippen LogP contribution is 2.20. The highest BCUT2D eigenvalue weighted by atomic mass is 32.1. The number of anilines is 2. The van der Waals surface area contributed by atoms with Crippen molar-refractivity contribution in [1.82, 2.24) is 19.6 Å². The van der Waals surface area contributed by atoms with Crippen LogP contribution in [0.4, 0.5) is 15.6 Å². The summed E-state index contributed by atoms with van der Waals surface area (Å²) in [5, 5.41) is 15.5. The standard InChI is InChI=1S/C24H27N7OS/c1-18-2-4-19(5-3-18)16-22-28-24(33-29-22)31-14-12-30(13-15-31)11-10-26-23(32)27-21-8-6-20(17-25)7-9-21/h2-9H,10-16H2,1H3,(H2,26,27,32). The minimum absolute atomic E-state index is 0.242. The van der Waals surface area contributed by atoms with Crippen molar-refractivity contribution in [3.8, 4) is 6.07 Å². The van der Waals surface area contributed by atoms with Gasteiger partial charge in [-0.05, 0) is 36.8 Å². The lowest BCUT2D eigenvalue weighted by molar-refractivity contribution is 0.240. The molecular weight excluding hydrogens is 434 g/mol. The van der Waals surface area contributed by atoms with E-state index in [9.17, 15) is 4.79 Å². The number of piperazine rings is 1. The van der Waals surface area contributed by atoms with Gasteiger partial charge < -0.3 is 15.5 Å². The number of carbonyl (C=O) groups is 1. The summed E-state index contributed by atoms with van der Waals surface area (Å²) in [5.74, 6) is 0.874. The average molecular weight is 462 g/mol. The number of aromatic nitrogens is 2. The predicted octanol–water partition coefficient (Wildman–Crippen LogP) is 3.25. The Morgan fingerprint density at radius 1 is 1.09 bits per heavy atom. The van der Waals surface area contributed by atoms with Gasteiger partial charge in [-0.1, -0.05) is 29.8 Å². The van der Waals surface area contributed by atoms with E-state index in [1.54, 1.807) is 24.3 Å². The van der Waals surface area contributed by atoms with Gasteiger partial charge in [0, 0.05) is 62.9 Å². The van der Waals surface area contributed by atoms with Gasteiger partial charge in [0.25, 0.3) is 0 Å². The monoisotopic (exact) mass is 461 g/mol. The molecule has 0 atom stereocenters. The first kappa shape index (κ1) is 22.7. The molecule has 2 amide bonds. The van der Waals surface area contributed by atoms with E-state index >= 15 is 0 Å². The first-order valence-electron chi connectivity index (χ1n) is 11.0. The zero-order chi connectivity index (χ0) is 23.0. The van der Waals surface area contributed by atoms with Crippen LogP contribution < -0.4 is 15.5 Å². The molecule has 0 spiro atoms. The molecule has 1 aromatic heterocycles. The molecule has 0 saturated carbocycles. The number of nitrogens with zero attached hydrogens (tertiary/aromatic N) is 5. The van der Waals surface area contributed by atoms with Crippen molar-refractivity contribution in [1.29, 1.82) is 5.26 Å². The number of benzene rings is 2. The average Bonchev–Trinajstić information content (AvgIpc) is 3.30. The molecular formula is C24H27N7OS. The van der Waals surface area contributed by atoms with Crippen LogP contribution in [0.2, 0.25) is 0 Å². The molecule has 1 saturated heterocycles. The molecule has 0 aliphatic carbocycles. The van der Waals surface area contributed by atoms with Gasteiger partial charge in [-0.2, -0.15) is 9.64 Å². The van der Waals surface area contributed by atoms with Gasteiger partial charge in [0.1, 0.15) is 5.82 Å². The summed E-state index contributed by atoms with van der Waals surface area (Å²) in [7, 11) is 0. The van der Waals surface area contributed by atoms with E-state index in [1.807, 2.05) is 0 Å². The van der Waals surface area contributed by atoms with Crippen molar-refractivity contribution >= 4 is 28.4 Å².